The summed E-state index contributed by atoms with van der Waals surface area (Å²) in [6.07, 6.45) is 0. The first-order chi connectivity index (χ1) is 15.4. The summed E-state index contributed by atoms with van der Waals surface area (Å²) in [5.41, 5.74) is 3.57. The normalized spacial score (nSPS) is 10.7. The summed E-state index contributed by atoms with van der Waals surface area (Å²) in [6, 6.07) is 14.2. The second-order valence-electron chi connectivity index (χ2n) is 7.08. The number of benzene rings is 2. The molecule has 0 aliphatic rings. The van der Waals surface area contributed by atoms with Gasteiger partial charge in [0.2, 0.25) is 5.91 Å². The monoisotopic (exact) mass is 463 g/mol. The van der Waals surface area contributed by atoms with E-state index in [0.29, 0.717) is 34.0 Å². The first-order valence-corrected chi connectivity index (χ1v) is 11.0. The molecule has 160 valence electrons. The maximum atomic E-state index is 13.5. The van der Waals surface area contributed by atoms with Crippen LogP contribution in [0.5, 0.6) is 0 Å². The van der Waals surface area contributed by atoms with Crippen LogP contribution in [0, 0.1) is 6.57 Å². The van der Waals surface area contributed by atoms with E-state index in [9.17, 15) is 9.59 Å². The molecule has 2 aromatic heterocycles. The number of imidazole rings is 1. The summed E-state index contributed by atoms with van der Waals surface area (Å²) in [4.78, 5) is 34.2. The molecule has 4 aromatic rings. The minimum Gasteiger partial charge on any atom is -0.396 e. The number of nitrogens with one attached hydrogen (secondary N) is 1. The topological polar surface area (TPSA) is 71.6 Å². The van der Waals surface area contributed by atoms with E-state index in [1.165, 1.54) is 6.92 Å². The Bertz CT molecular complexity index is 1320. The van der Waals surface area contributed by atoms with Crippen LogP contribution in [0.2, 0.25) is 5.02 Å². The highest BCUT2D eigenvalue weighted by molar-refractivity contribution is 7.07. The number of hydrogen-bond acceptors (Lipinski definition) is 4. The van der Waals surface area contributed by atoms with Crippen molar-refractivity contribution in [1.29, 1.82) is 0 Å². The molecule has 0 saturated carbocycles. The van der Waals surface area contributed by atoms with E-state index in [0.717, 1.165) is 5.56 Å². The fourth-order valence-electron chi connectivity index (χ4n) is 3.36. The number of aromatic nitrogens is 2. The van der Waals surface area contributed by atoms with Crippen LogP contribution in [0.1, 0.15) is 12.5 Å². The molecule has 0 unspecified atom stereocenters. The van der Waals surface area contributed by atoms with Crippen LogP contribution in [-0.2, 0) is 22.7 Å². The smallest absolute Gasteiger partial charge is 0.340 e. The number of anilines is 2. The van der Waals surface area contributed by atoms with E-state index in [4.69, 9.17) is 18.2 Å². The quantitative estimate of drug-likeness (QED) is 0.384. The first kappa shape index (κ1) is 21.6. The molecule has 1 N–H and O–H groups in total. The van der Waals surface area contributed by atoms with E-state index < -0.39 is 0 Å². The van der Waals surface area contributed by atoms with Crippen molar-refractivity contribution in [2.75, 3.05) is 10.2 Å². The zero-order chi connectivity index (χ0) is 22.7. The average Bonchev–Trinajstić information content (AvgIpc) is 3.40. The third-order valence-electron chi connectivity index (χ3n) is 4.80. The largest absolute Gasteiger partial charge is 0.396 e. The Morgan fingerprint density at radius 1 is 1.22 bits per heavy atom. The van der Waals surface area contributed by atoms with E-state index in [1.54, 1.807) is 63.3 Å². The van der Waals surface area contributed by atoms with Crippen molar-refractivity contribution in [1.82, 2.24) is 9.55 Å². The summed E-state index contributed by atoms with van der Waals surface area (Å²) >= 11 is 7.70. The van der Waals surface area contributed by atoms with Gasteiger partial charge < -0.3 is 15.1 Å². The number of hydrogen-bond donors (Lipinski definition) is 1. The molecule has 2 heterocycles. The van der Waals surface area contributed by atoms with Crippen molar-refractivity contribution in [3.05, 3.63) is 81.3 Å². The zero-order valence-electron chi connectivity index (χ0n) is 17.1. The van der Waals surface area contributed by atoms with Gasteiger partial charge in [-0.25, -0.2) is 0 Å². The number of halogens is 1. The van der Waals surface area contributed by atoms with E-state index in [2.05, 4.69) is 15.1 Å². The van der Waals surface area contributed by atoms with Gasteiger partial charge in [0.1, 0.15) is 12.1 Å². The lowest BCUT2D eigenvalue weighted by Crippen LogP contribution is -2.33. The summed E-state index contributed by atoms with van der Waals surface area (Å²) in [6.45, 7) is 9.23. The van der Waals surface area contributed by atoms with Gasteiger partial charge in [-0.1, -0.05) is 11.6 Å². The fraction of sp³-hybridized carbons (Fsp3) is 0.130. The number of amides is 2. The molecule has 0 radical (unpaired) electrons. The molecule has 4 rings (SSSR count). The number of carbonyl (C=O) groups excluding carboxylic acids is 2. The highest BCUT2D eigenvalue weighted by Crippen LogP contribution is 2.27. The molecule has 2 amide bonds. The molecule has 0 atom stereocenters. The van der Waals surface area contributed by atoms with Crippen molar-refractivity contribution >= 4 is 63.1 Å². The Morgan fingerprint density at radius 2 is 2.00 bits per heavy atom. The molecule has 0 bridgehead atoms. The first-order valence-electron chi connectivity index (χ1n) is 9.67. The molecule has 0 aliphatic heterocycles. The lowest BCUT2D eigenvalue weighted by molar-refractivity contribution is -0.119. The number of carbonyl (C=O) groups is 2. The van der Waals surface area contributed by atoms with Crippen molar-refractivity contribution in [2.45, 2.75) is 20.0 Å². The fourth-order valence-corrected chi connectivity index (χ4v) is 4.19. The summed E-state index contributed by atoms with van der Waals surface area (Å²) in [5.74, 6) is -0.235. The Balaban J connectivity index is 1.68. The van der Waals surface area contributed by atoms with Crippen LogP contribution in [0.25, 0.3) is 15.9 Å². The van der Waals surface area contributed by atoms with Crippen LogP contribution in [0.4, 0.5) is 17.3 Å². The Morgan fingerprint density at radius 3 is 2.66 bits per heavy atom. The van der Waals surface area contributed by atoms with E-state index in [-0.39, 0.29) is 24.3 Å². The summed E-state index contributed by atoms with van der Waals surface area (Å²) in [5, 5.41) is 7.18. The number of fused-ring (bicyclic) bond motifs is 1. The van der Waals surface area contributed by atoms with Gasteiger partial charge in [-0.2, -0.15) is 11.3 Å². The van der Waals surface area contributed by atoms with Crippen LogP contribution in [0.3, 0.4) is 0 Å². The maximum Gasteiger partial charge on any atom is 0.340 e. The van der Waals surface area contributed by atoms with Crippen molar-refractivity contribution in [3.8, 4) is 0 Å². The summed E-state index contributed by atoms with van der Waals surface area (Å²) in [7, 11) is 0. The third kappa shape index (κ3) is 4.64. The molecule has 9 heteroatoms. The minimum atomic E-state index is -0.201. The minimum absolute atomic E-state index is 0.0634. The van der Waals surface area contributed by atoms with Crippen molar-refractivity contribution in [3.63, 3.8) is 0 Å². The van der Waals surface area contributed by atoms with Crippen molar-refractivity contribution < 1.29 is 9.59 Å². The van der Waals surface area contributed by atoms with Gasteiger partial charge in [0.15, 0.2) is 5.52 Å². The van der Waals surface area contributed by atoms with Gasteiger partial charge in [-0.05, 0) is 64.9 Å². The molecular weight excluding hydrogens is 446 g/mol. The predicted molar refractivity (Wildman–Crippen MR) is 127 cm³/mol. The SMILES string of the molecule is [C-]#[N+]c1nc2ccc(Cl)cc2n1CC(=O)N(Cc1ccsc1)c1ccc(NC(C)=O)cc1. The number of nitrogens with zero attached hydrogens (tertiary/aromatic N) is 4. The standard InChI is InChI=1S/C23H18ClN5O2S/c1-15(30)26-18-4-6-19(7-5-18)28(12-16-9-10-32-14-16)22(31)13-29-21-11-17(24)3-8-20(21)27-23(29)25-2/h3-11,14H,12-13H2,1H3,(H,26,30). The van der Waals surface area contributed by atoms with Gasteiger partial charge in [-0.3, -0.25) is 14.2 Å². The maximum absolute atomic E-state index is 13.5. The van der Waals surface area contributed by atoms with Gasteiger partial charge in [0.05, 0.1) is 6.54 Å². The van der Waals surface area contributed by atoms with Gasteiger partial charge in [0.25, 0.3) is 5.91 Å². The highest BCUT2D eigenvalue weighted by Gasteiger charge is 2.22. The molecule has 0 fully saturated rings. The number of thiophene rings is 1. The van der Waals surface area contributed by atoms with Crippen LogP contribution in [0.15, 0.2) is 59.3 Å². The van der Waals surface area contributed by atoms with Gasteiger partial charge >= 0.3 is 5.95 Å². The lowest BCUT2D eigenvalue weighted by Gasteiger charge is -2.23. The molecule has 2 aromatic carbocycles. The molecule has 0 aliphatic carbocycles. The van der Waals surface area contributed by atoms with Gasteiger partial charge in [-0.15, -0.1) is 11.6 Å². The van der Waals surface area contributed by atoms with Crippen molar-refractivity contribution in [2.24, 2.45) is 0 Å². The lowest BCUT2D eigenvalue weighted by atomic mass is 10.2. The molecule has 32 heavy (non-hydrogen) atoms. The number of rotatable bonds is 6. The molecule has 0 saturated heterocycles. The second kappa shape index (κ2) is 9.22. The average molecular weight is 464 g/mol. The van der Waals surface area contributed by atoms with Crippen LogP contribution in [-0.4, -0.2) is 21.4 Å². The van der Waals surface area contributed by atoms with E-state index in [1.807, 2.05) is 16.8 Å². The predicted octanol–water partition coefficient (Wildman–Crippen LogP) is 5.49. The molecule has 7 nitrogen and oxygen atoms in total. The third-order valence-corrected chi connectivity index (χ3v) is 5.77. The van der Waals surface area contributed by atoms with Crippen LogP contribution >= 0.6 is 22.9 Å². The molecule has 0 spiro atoms. The Kier molecular flexibility index (Phi) is 6.21. The Hall–Kier alpha value is -3.67. The molecular formula is C23H18ClN5O2S. The second-order valence-corrected chi connectivity index (χ2v) is 8.30. The Labute approximate surface area is 193 Å². The van der Waals surface area contributed by atoms with Crippen LogP contribution < -0.4 is 10.2 Å². The van der Waals surface area contributed by atoms with E-state index >= 15 is 0 Å². The zero-order valence-corrected chi connectivity index (χ0v) is 18.7. The summed E-state index contributed by atoms with van der Waals surface area (Å²) < 4.78 is 1.59. The highest BCUT2D eigenvalue weighted by atomic mass is 35.5. The van der Waals surface area contributed by atoms with Gasteiger partial charge in [0, 0.05) is 23.3 Å².